The van der Waals surface area contributed by atoms with Gasteiger partial charge in [0.2, 0.25) is 5.91 Å². The number of ether oxygens (including phenoxy) is 1. The topological polar surface area (TPSA) is 81.6 Å². The van der Waals surface area contributed by atoms with Crippen LogP contribution in [0.1, 0.15) is 11.1 Å². The first-order chi connectivity index (χ1) is 9.06. The molecule has 0 fully saturated rings. The third-order valence-corrected chi connectivity index (χ3v) is 2.48. The Kier molecular flexibility index (Phi) is 5.86. The number of rotatable bonds is 5. The molecule has 0 aliphatic rings. The number of benzene rings is 1. The molecule has 0 saturated heterocycles. The smallest absolute Gasteiger partial charge is 0.231 e. The van der Waals surface area contributed by atoms with E-state index in [-0.39, 0.29) is 12.5 Å². The van der Waals surface area contributed by atoms with Crippen LogP contribution in [0.3, 0.4) is 0 Å². The number of likely N-dealkylation sites (N-methyl/N-ethyl adjacent to an activating group) is 1. The molecule has 19 heavy (non-hydrogen) atoms. The standard InChI is InChI=1S/C14H19N3O2/c1-17(10-14(16)18)9-12-8-11(4-3-7-15)5-6-13(12)19-2/h5-6,8H,7,9-10,15H2,1-2H3,(H2,16,18). The highest BCUT2D eigenvalue weighted by atomic mass is 16.5. The Bertz CT molecular complexity index is 503. The lowest BCUT2D eigenvalue weighted by molar-refractivity contribution is -0.118. The fourth-order valence-corrected chi connectivity index (χ4v) is 1.75. The van der Waals surface area contributed by atoms with E-state index in [1.807, 2.05) is 30.1 Å². The van der Waals surface area contributed by atoms with Gasteiger partial charge in [0.25, 0.3) is 0 Å². The van der Waals surface area contributed by atoms with Crippen molar-refractivity contribution in [2.75, 3.05) is 27.2 Å². The summed E-state index contributed by atoms with van der Waals surface area (Å²) in [4.78, 5) is 12.7. The predicted octanol–water partition coefficient (Wildman–Crippen LogP) is -0.0775. The highest BCUT2D eigenvalue weighted by Crippen LogP contribution is 2.20. The SMILES string of the molecule is COc1ccc(C#CCN)cc1CN(C)CC(N)=O. The molecule has 0 atom stereocenters. The summed E-state index contributed by atoms with van der Waals surface area (Å²) in [5.74, 6) is 6.17. The lowest BCUT2D eigenvalue weighted by Gasteiger charge is -2.17. The molecule has 0 aliphatic carbocycles. The monoisotopic (exact) mass is 261 g/mol. The van der Waals surface area contributed by atoms with Crippen LogP contribution in [0.15, 0.2) is 18.2 Å². The summed E-state index contributed by atoms with van der Waals surface area (Å²) in [6.45, 7) is 1.08. The number of carbonyl (C=O) groups excluding carboxylic acids is 1. The summed E-state index contributed by atoms with van der Waals surface area (Å²) >= 11 is 0. The second kappa shape index (κ2) is 7.41. The van der Waals surface area contributed by atoms with Gasteiger partial charge < -0.3 is 16.2 Å². The molecular formula is C14H19N3O2. The van der Waals surface area contributed by atoms with E-state index in [1.165, 1.54) is 0 Å². The number of nitrogens with two attached hydrogens (primary N) is 2. The van der Waals surface area contributed by atoms with Crippen molar-refractivity contribution < 1.29 is 9.53 Å². The van der Waals surface area contributed by atoms with Crippen LogP contribution in [0, 0.1) is 11.8 Å². The number of hydrogen-bond acceptors (Lipinski definition) is 4. The maximum Gasteiger partial charge on any atom is 0.231 e. The minimum Gasteiger partial charge on any atom is -0.496 e. The summed E-state index contributed by atoms with van der Waals surface area (Å²) in [6, 6.07) is 5.66. The van der Waals surface area contributed by atoms with Crippen LogP contribution in [-0.2, 0) is 11.3 Å². The Balaban J connectivity index is 2.92. The Hall–Kier alpha value is -2.03. The van der Waals surface area contributed by atoms with Crippen LogP contribution >= 0.6 is 0 Å². The molecule has 0 heterocycles. The first kappa shape index (κ1) is 15.0. The van der Waals surface area contributed by atoms with E-state index in [1.54, 1.807) is 7.11 Å². The summed E-state index contributed by atoms with van der Waals surface area (Å²) in [5, 5.41) is 0. The Morgan fingerprint density at radius 1 is 1.47 bits per heavy atom. The van der Waals surface area contributed by atoms with Gasteiger partial charge in [-0.15, -0.1) is 0 Å². The van der Waals surface area contributed by atoms with Crippen molar-refractivity contribution in [1.82, 2.24) is 4.90 Å². The van der Waals surface area contributed by atoms with Crippen LogP contribution in [0.2, 0.25) is 0 Å². The lowest BCUT2D eigenvalue weighted by atomic mass is 10.1. The van der Waals surface area contributed by atoms with Gasteiger partial charge in [0, 0.05) is 17.7 Å². The van der Waals surface area contributed by atoms with Crippen molar-refractivity contribution >= 4 is 5.91 Å². The van der Waals surface area contributed by atoms with E-state index >= 15 is 0 Å². The molecule has 1 rings (SSSR count). The molecule has 0 unspecified atom stereocenters. The largest absolute Gasteiger partial charge is 0.496 e. The van der Waals surface area contributed by atoms with Crippen LogP contribution in [-0.4, -0.2) is 38.1 Å². The molecule has 1 aromatic carbocycles. The van der Waals surface area contributed by atoms with Crippen molar-refractivity contribution in [1.29, 1.82) is 0 Å². The molecule has 0 bridgehead atoms. The molecule has 0 aliphatic heterocycles. The first-order valence-corrected chi connectivity index (χ1v) is 5.89. The van der Waals surface area contributed by atoms with Crippen LogP contribution in [0.4, 0.5) is 0 Å². The van der Waals surface area contributed by atoms with Gasteiger partial charge >= 0.3 is 0 Å². The third kappa shape index (κ3) is 5.00. The average Bonchev–Trinajstić information content (AvgIpc) is 2.35. The molecule has 5 nitrogen and oxygen atoms in total. The lowest BCUT2D eigenvalue weighted by Crippen LogP contribution is -2.30. The predicted molar refractivity (Wildman–Crippen MR) is 74.5 cm³/mol. The molecule has 0 radical (unpaired) electrons. The molecule has 1 aromatic rings. The minimum absolute atomic E-state index is 0.196. The van der Waals surface area contributed by atoms with E-state index in [0.717, 1.165) is 16.9 Å². The van der Waals surface area contributed by atoms with Crippen LogP contribution in [0.25, 0.3) is 0 Å². The summed E-state index contributed by atoms with van der Waals surface area (Å²) < 4.78 is 5.29. The number of amides is 1. The third-order valence-electron chi connectivity index (χ3n) is 2.48. The van der Waals surface area contributed by atoms with E-state index < -0.39 is 0 Å². The van der Waals surface area contributed by atoms with Crippen molar-refractivity contribution in [3.05, 3.63) is 29.3 Å². The van der Waals surface area contributed by atoms with Crippen molar-refractivity contribution in [2.45, 2.75) is 6.54 Å². The van der Waals surface area contributed by atoms with Crippen LogP contribution < -0.4 is 16.2 Å². The van der Waals surface area contributed by atoms with Gasteiger partial charge in [0.05, 0.1) is 20.2 Å². The zero-order valence-electron chi connectivity index (χ0n) is 11.3. The van der Waals surface area contributed by atoms with Gasteiger partial charge in [-0.25, -0.2) is 0 Å². The Labute approximate surface area is 113 Å². The maximum atomic E-state index is 10.9. The second-order valence-corrected chi connectivity index (χ2v) is 4.17. The normalized spacial score (nSPS) is 9.89. The maximum absolute atomic E-state index is 10.9. The fourth-order valence-electron chi connectivity index (χ4n) is 1.75. The molecule has 1 amide bonds. The van der Waals surface area contributed by atoms with Gasteiger partial charge in [0.15, 0.2) is 0 Å². The van der Waals surface area contributed by atoms with Crippen LogP contribution in [0.5, 0.6) is 5.75 Å². The summed E-state index contributed by atoms with van der Waals surface area (Å²) in [7, 11) is 3.43. The number of hydrogen-bond donors (Lipinski definition) is 2. The number of primary amides is 1. The van der Waals surface area contributed by atoms with Gasteiger partial charge in [-0.1, -0.05) is 11.8 Å². The first-order valence-electron chi connectivity index (χ1n) is 5.89. The number of carbonyl (C=O) groups is 1. The van der Waals surface area contributed by atoms with E-state index in [9.17, 15) is 4.79 Å². The zero-order chi connectivity index (χ0) is 14.3. The molecule has 0 spiro atoms. The second-order valence-electron chi connectivity index (χ2n) is 4.17. The zero-order valence-corrected chi connectivity index (χ0v) is 11.3. The molecule has 102 valence electrons. The fraction of sp³-hybridized carbons (Fsp3) is 0.357. The van der Waals surface area contributed by atoms with Gasteiger partial charge in [-0.2, -0.15) is 0 Å². The van der Waals surface area contributed by atoms with Crippen molar-refractivity contribution in [3.8, 4) is 17.6 Å². The summed E-state index contributed by atoms with van der Waals surface area (Å²) in [6.07, 6.45) is 0. The molecule has 0 aromatic heterocycles. The van der Waals surface area contributed by atoms with Gasteiger partial charge in [0.1, 0.15) is 5.75 Å². The number of nitrogens with zero attached hydrogens (tertiary/aromatic N) is 1. The molecule has 0 saturated carbocycles. The van der Waals surface area contributed by atoms with E-state index in [4.69, 9.17) is 16.2 Å². The summed E-state index contributed by atoms with van der Waals surface area (Å²) in [5.41, 5.74) is 12.3. The van der Waals surface area contributed by atoms with E-state index in [0.29, 0.717) is 13.1 Å². The molecule has 4 N–H and O–H groups in total. The van der Waals surface area contributed by atoms with Gasteiger partial charge in [-0.3, -0.25) is 9.69 Å². The van der Waals surface area contributed by atoms with Gasteiger partial charge in [-0.05, 0) is 25.2 Å². The Morgan fingerprint density at radius 3 is 2.79 bits per heavy atom. The van der Waals surface area contributed by atoms with Crippen molar-refractivity contribution in [3.63, 3.8) is 0 Å². The minimum atomic E-state index is -0.361. The molecular weight excluding hydrogens is 242 g/mol. The Morgan fingerprint density at radius 2 is 2.21 bits per heavy atom. The number of methoxy groups -OCH3 is 1. The highest BCUT2D eigenvalue weighted by Gasteiger charge is 2.08. The average molecular weight is 261 g/mol. The molecule has 5 heteroatoms. The van der Waals surface area contributed by atoms with E-state index in [2.05, 4.69) is 11.8 Å². The highest BCUT2D eigenvalue weighted by molar-refractivity contribution is 5.75. The van der Waals surface area contributed by atoms with Crippen molar-refractivity contribution in [2.24, 2.45) is 11.5 Å². The quantitative estimate of drug-likeness (QED) is 0.727.